The summed E-state index contributed by atoms with van der Waals surface area (Å²) in [7, 11) is 0. The van der Waals surface area contributed by atoms with Crippen molar-refractivity contribution in [2.75, 3.05) is 19.6 Å². The number of nitrogens with one attached hydrogen (secondary N) is 2. The lowest BCUT2D eigenvalue weighted by Crippen LogP contribution is -2.68. The number of carboxylic acids is 1. The molecule has 1 heterocycles. The predicted octanol–water partition coefficient (Wildman–Crippen LogP) is 0.893. The van der Waals surface area contributed by atoms with E-state index in [9.17, 15) is 4.79 Å². The number of rotatable bonds is 6. The van der Waals surface area contributed by atoms with Gasteiger partial charge in [-0.25, -0.2) is 0 Å². The molecule has 0 bridgehead atoms. The number of hydrogen-bond donors (Lipinski definition) is 3. The summed E-state index contributed by atoms with van der Waals surface area (Å²) >= 11 is 0. The summed E-state index contributed by atoms with van der Waals surface area (Å²) in [6.45, 7) is 2.46. The van der Waals surface area contributed by atoms with E-state index in [0.717, 1.165) is 26.1 Å². The van der Waals surface area contributed by atoms with Crippen LogP contribution in [0, 0.1) is 0 Å². The highest BCUT2D eigenvalue weighted by Gasteiger charge is 2.38. The van der Waals surface area contributed by atoms with Crippen LogP contribution in [0.1, 0.15) is 32.1 Å². The topological polar surface area (TPSA) is 61.4 Å². The van der Waals surface area contributed by atoms with E-state index in [1.807, 2.05) is 0 Å². The van der Waals surface area contributed by atoms with Crippen LogP contribution in [0.25, 0.3) is 0 Å². The third kappa shape index (κ3) is 2.83. The van der Waals surface area contributed by atoms with Gasteiger partial charge >= 0.3 is 5.97 Å². The maximum atomic E-state index is 10.7. The summed E-state index contributed by atoms with van der Waals surface area (Å²) in [5.74, 6) is -0.714. The summed E-state index contributed by atoms with van der Waals surface area (Å²) in [5, 5.41) is 15.4. The Hall–Kier alpha value is -0.870. The molecule has 90 valence electrons. The zero-order valence-corrected chi connectivity index (χ0v) is 9.59. The summed E-state index contributed by atoms with van der Waals surface area (Å²) in [5.41, 5.74) is 1.34. The first kappa shape index (κ1) is 11.6. The largest absolute Gasteiger partial charge is 0.481 e. The minimum absolute atomic E-state index is 0.189. The van der Waals surface area contributed by atoms with E-state index in [4.69, 9.17) is 5.11 Å². The van der Waals surface area contributed by atoms with Crippen LogP contribution in [0.5, 0.6) is 0 Å². The monoisotopic (exact) mass is 224 g/mol. The molecule has 4 heteroatoms. The van der Waals surface area contributed by atoms with Crippen LogP contribution in [-0.2, 0) is 4.79 Å². The third-order valence-corrected chi connectivity index (χ3v) is 3.50. The molecule has 0 aromatic rings. The van der Waals surface area contributed by atoms with Gasteiger partial charge in [0.15, 0.2) is 0 Å². The molecule has 0 amide bonds. The molecule has 0 atom stereocenters. The first-order valence-electron chi connectivity index (χ1n) is 6.06. The van der Waals surface area contributed by atoms with Gasteiger partial charge in [0.05, 0.1) is 12.0 Å². The Kier molecular flexibility index (Phi) is 3.61. The minimum Gasteiger partial charge on any atom is -0.481 e. The third-order valence-electron chi connectivity index (χ3n) is 3.50. The second kappa shape index (κ2) is 4.97. The van der Waals surface area contributed by atoms with E-state index in [0.29, 0.717) is 0 Å². The molecule has 1 aliphatic heterocycles. The van der Waals surface area contributed by atoms with Crippen LogP contribution >= 0.6 is 0 Å². The van der Waals surface area contributed by atoms with E-state index in [1.54, 1.807) is 0 Å². The van der Waals surface area contributed by atoms with Crippen LogP contribution in [0.3, 0.4) is 0 Å². The molecule has 2 rings (SSSR count). The molecule has 4 nitrogen and oxygen atoms in total. The molecule has 0 radical (unpaired) electrons. The van der Waals surface area contributed by atoms with Gasteiger partial charge in [-0.2, -0.15) is 0 Å². The van der Waals surface area contributed by atoms with Gasteiger partial charge in [0.1, 0.15) is 0 Å². The second-order valence-corrected chi connectivity index (χ2v) is 4.89. The molecule has 0 saturated carbocycles. The molecule has 3 N–H and O–H groups in total. The van der Waals surface area contributed by atoms with Crippen LogP contribution in [0.2, 0.25) is 0 Å². The Morgan fingerprint density at radius 3 is 2.88 bits per heavy atom. The molecule has 0 aromatic carbocycles. The molecule has 2 aliphatic rings. The van der Waals surface area contributed by atoms with E-state index >= 15 is 0 Å². The lowest BCUT2D eigenvalue weighted by molar-refractivity contribution is -0.139. The van der Waals surface area contributed by atoms with Crippen molar-refractivity contribution in [3.05, 3.63) is 11.6 Å². The van der Waals surface area contributed by atoms with Gasteiger partial charge in [-0.05, 0) is 32.2 Å². The maximum Gasteiger partial charge on any atom is 0.305 e. The van der Waals surface area contributed by atoms with Crippen LogP contribution < -0.4 is 10.6 Å². The van der Waals surface area contributed by atoms with Gasteiger partial charge in [0.25, 0.3) is 0 Å². The quantitative estimate of drug-likeness (QED) is 0.586. The normalized spacial score (nSPS) is 22.6. The zero-order valence-electron chi connectivity index (χ0n) is 9.59. The summed E-state index contributed by atoms with van der Waals surface area (Å²) in [4.78, 5) is 10.7. The van der Waals surface area contributed by atoms with Gasteiger partial charge in [0.2, 0.25) is 0 Å². The maximum absolute atomic E-state index is 10.7. The lowest BCUT2D eigenvalue weighted by atomic mass is 9.88. The van der Waals surface area contributed by atoms with Crippen molar-refractivity contribution < 1.29 is 9.90 Å². The summed E-state index contributed by atoms with van der Waals surface area (Å²) in [6.07, 6.45) is 7.35. The lowest BCUT2D eigenvalue weighted by Gasteiger charge is -2.42. The average molecular weight is 224 g/mol. The van der Waals surface area contributed by atoms with Gasteiger partial charge in [-0.15, -0.1) is 0 Å². The Morgan fingerprint density at radius 1 is 1.56 bits per heavy atom. The fourth-order valence-electron chi connectivity index (χ4n) is 2.48. The highest BCUT2D eigenvalue weighted by atomic mass is 16.4. The standard InChI is InChI=1S/C12H20N2O2/c15-11(16)7-12(8-13-9-12)14-6-5-10-3-1-2-4-10/h3,13-14H,1-2,4-9H2,(H,15,16). The second-order valence-electron chi connectivity index (χ2n) is 4.89. The Labute approximate surface area is 96.1 Å². The molecule has 1 aliphatic carbocycles. The number of hydrogen-bond acceptors (Lipinski definition) is 3. The fraction of sp³-hybridized carbons (Fsp3) is 0.750. The summed E-state index contributed by atoms with van der Waals surface area (Å²) in [6, 6.07) is 0. The van der Waals surface area contributed by atoms with Crippen molar-refractivity contribution in [2.24, 2.45) is 0 Å². The smallest absolute Gasteiger partial charge is 0.305 e. The highest BCUT2D eigenvalue weighted by Crippen LogP contribution is 2.21. The summed E-state index contributed by atoms with van der Waals surface area (Å²) < 4.78 is 0. The van der Waals surface area contributed by atoms with E-state index in [1.165, 1.54) is 24.8 Å². The van der Waals surface area contributed by atoms with E-state index in [2.05, 4.69) is 16.7 Å². The first-order valence-corrected chi connectivity index (χ1v) is 6.06. The van der Waals surface area contributed by atoms with Gasteiger partial charge in [0, 0.05) is 13.1 Å². The molecular formula is C12H20N2O2. The molecule has 0 aromatic heterocycles. The zero-order chi connectivity index (χ0) is 11.4. The highest BCUT2D eigenvalue weighted by molar-refractivity contribution is 5.68. The van der Waals surface area contributed by atoms with Gasteiger partial charge in [-0.3, -0.25) is 4.79 Å². The Balaban J connectivity index is 1.72. The molecule has 0 unspecified atom stereocenters. The number of carbonyl (C=O) groups is 1. The van der Waals surface area contributed by atoms with Gasteiger partial charge in [-0.1, -0.05) is 11.6 Å². The first-order chi connectivity index (χ1) is 7.70. The van der Waals surface area contributed by atoms with Crippen molar-refractivity contribution in [1.29, 1.82) is 0 Å². The van der Waals surface area contributed by atoms with Crippen molar-refractivity contribution in [3.63, 3.8) is 0 Å². The molecule has 1 saturated heterocycles. The van der Waals surface area contributed by atoms with Gasteiger partial charge < -0.3 is 15.7 Å². The molecule has 0 spiro atoms. The van der Waals surface area contributed by atoms with Crippen molar-refractivity contribution >= 4 is 5.97 Å². The number of allylic oxidation sites excluding steroid dienone is 1. The molecular weight excluding hydrogens is 204 g/mol. The number of carboxylic acid groups (broad SMARTS) is 1. The van der Waals surface area contributed by atoms with Crippen molar-refractivity contribution in [1.82, 2.24) is 10.6 Å². The average Bonchev–Trinajstić information content (AvgIpc) is 2.66. The van der Waals surface area contributed by atoms with Crippen LogP contribution in [-0.4, -0.2) is 36.2 Å². The Morgan fingerprint density at radius 2 is 2.38 bits per heavy atom. The predicted molar refractivity (Wildman–Crippen MR) is 62.4 cm³/mol. The SMILES string of the molecule is O=C(O)CC1(NCCC2=CCCC2)CNC1. The van der Waals surface area contributed by atoms with E-state index < -0.39 is 5.97 Å². The Bertz CT molecular complexity index is 295. The van der Waals surface area contributed by atoms with Crippen molar-refractivity contribution in [3.8, 4) is 0 Å². The molecule has 1 fully saturated rings. The van der Waals surface area contributed by atoms with Crippen molar-refractivity contribution in [2.45, 2.75) is 37.6 Å². The number of aliphatic carboxylic acids is 1. The van der Waals surface area contributed by atoms with Crippen LogP contribution in [0.15, 0.2) is 11.6 Å². The van der Waals surface area contributed by atoms with Crippen LogP contribution in [0.4, 0.5) is 0 Å². The van der Waals surface area contributed by atoms with E-state index in [-0.39, 0.29) is 12.0 Å². The fourth-order valence-corrected chi connectivity index (χ4v) is 2.48. The minimum atomic E-state index is -0.714. The molecule has 16 heavy (non-hydrogen) atoms.